The fraction of sp³-hybridized carbons (Fsp3) is 0.571. The maximum absolute atomic E-state index is 6.32. The third-order valence-electron chi connectivity index (χ3n) is 4.25. The van der Waals surface area contributed by atoms with Crippen molar-refractivity contribution in [3.63, 3.8) is 0 Å². The smallest absolute Gasteiger partial charge is 0.0441 e. The SMILES string of the molecule is CCC1(CC)CNC[C@@H]1c1ccccc1Cl. The lowest BCUT2D eigenvalue weighted by Crippen LogP contribution is -2.27. The summed E-state index contributed by atoms with van der Waals surface area (Å²) in [6, 6.07) is 8.29. The van der Waals surface area contributed by atoms with E-state index in [9.17, 15) is 0 Å². The maximum Gasteiger partial charge on any atom is 0.0441 e. The summed E-state index contributed by atoms with van der Waals surface area (Å²) in [7, 11) is 0. The summed E-state index contributed by atoms with van der Waals surface area (Å²) in [6.45, 7) is 6.77. The number of halogens is 1. The van der Waals surface area contributed by atoms with Crippen LogP contribution in [0.1, 0.15) is 38.2 Å². The van der Waals surface area contributed by atoms with E-state index in [4.69, 9.17) is 11.6 Å². The molecule has 1 aliphatic rings. The molecule has 1 atom stereocenters. The molecule has 1 aromatic rings. The monoisotopic (exact) mass is 237 g/mol. The molecule has 0 radical (unpaired) electrons. The molecule has 1 aromatic carbocycles. The first-order valence-corrected chi connectivity index (χ1v) is 6.56. The van der Waals surface area contributed by atoms with Crippen LogP contribution in [0, 0.1) is 5.41 Å². The van der Waals surface area contributed by atoms with Gasteiger partial charge in [0, 0.05) is 24.0 Å². The quantitative estimate of drug-likeness (QED) is 0.843. The van der Waals surface area contributed by atoms with Crippen molar-refractivity contribution in [3.05, 3.63) is 34.9 Å². The molecule has 16 heavy (non-hydrogen) atoms. The summed E-state index contributed by atoms with van der Waals surface area (Å²) in [4.78, 5) is 0. The van der Waals surface area contributed by atoms with Crippen LogP contribution in [0.5, 0.6) is 0 Å². The van der Waals surface area contributed by atoms with Crippen LogP contribution >= 0.6 is 11.6 Å². The predicted molar refractivity (Wildman–Crippen MR) is 70.1 cm³/mol. The van der Waals surface area contributed by atoms with E-state index in [-0.39, 0.29) is 0 Å². The van der Waals surface area contributed by atoms with Crippen molar-refractivity contribution in [1.29, 1.82) is 0 Å². The van der Waals surface area contributed by atoms with Gasteiger partial charge in [-0.15, -0.1) is 0 Å². The molecule has 1 saturated heterocycles. The summed E-state index contributed by atoms with van der Waals surface area (Å²) in [5, 5.41) is 4.45. The van der Waals surface area contributed by atoms with E-state index in [1.165, 1.54) is 18.4 Å². The Balaban J connectivity index is 2.37. The third kappa shape index (κ3) is 1.87. The Morgan fingerprint density at radius 1 is 1.31 bits per heavy atom. The number of nitrogens with one attached hydrogen (secondary N) is 1. The van der Waals surface area contributed by atoms with Crippen LogP contribution in [-0.2, 0) is 0 Å². The van der Waals surface area contributed by atoms with E-state index in [1.54, 1.807) is 0 Å². The van der Waals surface area contributed by atoms with Gasteiger partial charge in [0.2, 0.25) is 0 Å². The van der Waals surface area contributed by atoms with Gasteiger partial charge >= 0.3 is 0 Å². The fourth-order valence-corrected chi connectivity index (χ4v) is 3.26. The van der Waals surface area contributed by atoms with Gasteiger partial charge in [-0.3, -0.25) is 0 Å². The largest absolute Gasteiger partial charge is 0.316 e. The minimum absolute atomic E-state index is 0.394. The number of rotatable bonds is 3. The van der Waals surface area contributed by atoms with Gasteiger partial charge in [-0.25, -0.2) is 0 Å². The maximum atomic E-state index is 6.32. The topological polar surface area (TPSA) is 12.0 Å². The minimum Gasteiger partial charge on any atom is -0.316 e. The van der Waals surface area contributed by atoms with Crippen LogP contribution in [0.25, 0.3) is 0 Å². The molecule has 1 heterocycles. The van der Waals surface area contributed by atoms with E-state index in [1.807, 2.05) is 12.1 Å². The van der Waals surface area contributed by atoms with Gasteiger partial charge in [0.05, 0.1) is 0 Å². The summed E-state index contributed by atoms with van der Waals surface area (Å²) in [5.41, 5.74) is 1.71. The Bertz CT molecular complexity index is 358. The number of hydrogen-bond acceptors (Lipinski definition) is 1. The molecular formula is C14H20ClN. The molecule has 2 heteroatoms. The molecule has 0 spiro atoms. The van der Waals surface area contributed by atoms with E-state index >= 15 is 0 Å². The summed E-state index contributed by atoms with van der Waals surface area (Å²) >= 11 is 6.32. The van der Waals surface area contributed by atoms with Crippen molar-refractivity contribution < 1.29 is 0 Å². The second kappa shape index (κ2) is 4.77. The molecule has 0 aliphatic carbocycles. The Kier molecular flexibility index (Phi) is 3.56. The molecule has 0 bridgehead atoms. The van der Waals surface area contributed by atoms with Gasteiger partial charge < -0.3 is 5.32 Å². The van der Waals surface area contributed by atoms with Crippen LogP contribution in [0.15, 0.2) is 24.3 Å². The standard InChI is InChI=1S/C14H20ClN/c1-3-14(4-2)10-16-9-12(14)11-7-5-6-8-13(11)15/h5-8,12,16H,3-4,9-10H2,1-2H3/t12-/m1/s1. The summed E-state index contributed by atoms with van der Waals surface area (Å²) in [6.07, 6.45) is 2.43. The first-order valence-electron chi connectivity index (χ1n) is 6.18. The zero-order valence-corrected chi connectivity index (χ0v) is 10.8. The minimum atomic E-state index is 0.394. The van der Waals surface area contributed by atoms with Crippen molar-refractivity contribution >= 4 is 11.6 Å². The Morgan fingerprint density at radius 2 is 2.00 bits per heavy atom. The van der Waals surface area contributed by atoms with Crippen molar-refractivity contribution in [2.45, 2.75) is 32.6 Å². The average molecular weight is 238 g/mol. The van der Waals surface area contributed by atoms with Crippen LogP contribution in [-0.4, -0.2) is 13.1 Å². The highest BCUT2D eigenvalue weighted by Gasteiger charge is 2.41. The molecule has 1 nitrogen and oxygen atoms in total. The van der Waals surface area contributed by atoms with Crippen molar-refractivity contribution in [3.8, 4) is 0 Å². The number of hydrogen-bond donors (Lipinski definition) is 1. The predicted octanol–water partition coefficient (Wildman–Crippen LogP) is 3.83. The fourth-order valence-electron chi connectivity index (χ4n) is 3.00. The van der Waals surface area contributed by atoms with Gasteiger partial charge in [-0.1, -0.05) is 43.6 Å². The normalized spacial score (nSPS) is 23.6. The van der Waals surface area contributed by atoms with Crippen LogP contribution in [0.4, 0.5) is 0 Å². The second-order valence-corrected chi connectivity index (χ2v) is 5.18. The number of benzene rings is 1. The Hall–Kier alpha value is -0.530. The first kappa shape index (κ1) is 11.9. The summed E-state index contributed by atoms with van der Waals surface area (Å²) in [5.74, 6) is 0.566. The molecule has 0 unspecified atom stereocenters. The molecule has 0 amide bonds. The highest BCUT2D eigenvalue weighted by molar-refractivity contribution is 6.31. The van der Waals surface area contributed by atoms with E-state index < -0.39 is 0 Å². The van der Waals surface area contributed by atoms with Crippen molar-refractivity contribution in [1.82, 2.24) is 5.32 Å². The molecule has 1 fully saturated rings. The highest BCUT2D eigenvalue weighted by Crippen LogP contribution is 2.46. The first-order chi connectivity index (χ1) is 7.73. The summed E-state index contributed by atoms with van der Waals surface area (Å²) < 4.78 is 0. The van der Waals surface area contributed by atoms with E-state index in [0.717, 1.165) is 18.1 Å². The van der Waals surface area contributed by atoms with Gasteiger partial charge in [0.1, 0.15) is 0 Å². The molecule has 2 rings (SSSR count). The average Bonchev–Trinajstić information content (AvgIpc) is 2.74. The van der Waals surface area contributed by atoms with Crippen molar-refractivity contribution in [2.24, 2.45) is 5.41 Å². The van der Waals surface area contributed by atoms with E-state index in [2.05, 4.69) is 31.3 Å². The lowest BCUT2D eigenvalue weighted by atomic mass is 9.71. The molecular weight excluding hydrogens is 218 g/mol. The van der Waals surface area contributed by atoms with Gasteiger partial charge in [-0.05, 0) is 29.9 Å². The lowest BCUT2D eigenvalue weighted by Gasteiger charge is -2.33. The van der Waals surface area contributed by atoms with Crippen LogP contribution in [0.2, 0.25) is 5.02 Å². The van der Waals surface area contributed by atoms with Gasteiger partial charge in [-0.2, -0.15) is 0 Å². The lowest BCUT2D eigenvalue weighted by molar-refractivity contribution is 0.260. The molecule has 88 valence electrons. The van der Waals surface area contributed by atoms with Gasteiger partial charge in [0.25, 0.3) is 0 Å². The molecule has 1 aliphatic heterocycles. The van der Waals surface area contributed by atoms with Crippen LogP contribution in [0.3, 0.4) is 0 Å². The zero-order chi connectivity index (χ0) is 11.6. The van der Waals surface area contributed by atoms with E-state index in [0.29, 0.717) is 11.3 Å². The van der Waals surface area contributed by atoms with Crippen LogP contribution < -0.4 is 5.32 Å². The highest BCUT2D eigenvalue weighted by atomic mass is 35.5. The molecule has 1 N–H and O–H groups in total. The second-order valence-electron chi connectivity index (χ2n) is 4.77. The zero-order valence-electron chi connectivity index (χ0n) is 10.1. The molecule has 0 aromatic heterocycles. The Morgan fingerprint density at radius 3 is 2.62 bits per heavy atom. The Labute approximate surface area is 103 Å². The molecule has 0 saturated carbocycles. The van der Waals surface area contributed by atoms with Crippen molar-refractivity contribution in [2.75, 3.05) is 13.1 Å². The van der Waals surface area contributed by atoms with Gasteiger partial charge in [0.15, 0.2) is 0 Å². The third-order valence-corrected chi connectivity index (χ3v) is 4.60.